The zero-order valence-electron chi connectivity index (χ0n) is 16.1. The molecule has 1 spiro atoms. The van der Waals surface area contributed by atoms with Crippen LogP contribution in [0.5, 0.6) is 0 Å². The first-order chi connectivity index (χ1) is 12.3. The van der Waals surface area contributed by atoms with Crippen LogP contribution in [-0.4, -0.2) is 41.3 Å². The fourth-order valence-corrected chi connectivity index (χ4v) is 5.17. The number of anilines is 1. The molecule has 1 saturated heterocycles. The zero-order chi connectivity index (χ0) is 18.5. The van der Waals surface area contributed by atoms with Crippen molar-refractivity contribution < 1.29 is 9.53 Å². The number of halogens is 1. The zero-order valence-corrected chi connectivity index (χ0v) is 16.8. The third-order valence-electron chi connectivity index (χ3n) is 6.08. The van der Waals surface area contributed by atoms with Crippen LogP contribution in [0.25, 0.3) is 0 Å². The summed E-state index contributed by atoms with van der Waals surface area (Å²) in [7, 11) is 0. The van der Waals surface area contributed by atoms with Gasteiger partial charge >= 0.3 is 6.09 Å². The summed E-state index contributed by atoms with van der Waals surface area (Å²) in [4.78, 5) is 17.2. The first-order valence-corrected chi connectivity index (χ1v) is 10.2. The fourth-order valence-electron chi connectivity index (χ4n) is 4.98. The minimum atomic E-state index is -0.435. The van der Waals surface area contributed by atoms with E-state index in [4.69, 9.17) is 16.3 Å². The van der Waals surface area contributed by atoms with Gasteiger partial charge in [0.05, 0.1) is 5.54 Å². The number of hydrogen-bond donors (Lipinski definition) is 0. The maximum Gasteiger partial charge on any atom is 0.410 e. The van der Waals surface area contributed by atoms with E-state index in [9.17, 15) is 4.79 Å². The van der Waals surface area contributed by atoms with E-state index in [0.717, 1.165) is 50.2 Å². The van der Waals surface area contributed by atoms with E-state index in [1.807, 2.05) is 31.7 Å². The molecular weight excluding hydrogens is 348 g/mol. The average molecular weight is 377 g/mol. The highest BCUT2D eigenvalue weighted by Gasteiger charge is 2.55. The molecule has 4 nitrogen and oxygen atoms in total. The van der Waals surface area contributed by atoms with Gasteiger partial charge in [-0.2, -0.15) is 0 Å². The number of likely N-dealkylation sites (tertiary alicyclic amines) is 1. The van der Waals surface area contributed by atoms with Crippen molar-refractivity contribution in [3.63, 3.8) is 0 Å². The van der Waals surface area contributed by atoms with Gasteiger partial charge in [0, 0.05) is 29.8 Å². The molecule has 1 aliphatic carbocycles. The van der Waals surface area contributed by atoms with Gasteiger partial charge in [0.1, 0.15) is 5.60 Å². The van der Waals surface area contributed by atoms with Crippen molar-refractivity contribution in [3.8, 4) is 0 Å². The van der Waals surface area contributed by atoms with Crippen LogP contribution in [0, 0.1) is 0 Å². The monoisotopic (exact) mass is 376 g/mol. The molecule has 2 fully saturated rings. The second-order valence-electron chi connectivity index (χ2n) is 9.09. The van der Waals surface area contributed by atoms with Gasteiger partial charge in [-0.15, -0.1) is 0 Å². The van der Waals surface area contributed by atoms with E-state index >= 15 is 0 Å². The molecule has 0 N–H and O–H groups in total. The Morgan fingerprint density at radius 1 is 1.23 bits per heavy atom. The summed E-state index contributed by atoms with van der Waals surface area (Å²) in [6.45, 7) is 7.74. The highest BCUT2D eigenvalue weighted by molar-refractivity contribution is 6.30. The summed E-state index contributed by atoms with van der Waals surface area (Å²) < 4.78 is 5.66. The van der Waals surface area contributed by atoms with Crippen LogP contribution in [-0.2, 0) is 11.2 Å². The number of nitrogens with zero attached hydrogens (tertiary/aromatic N) is 2. The minimum Gasteiger partial charge on any atom is -0.444 e. The van der Waals surface area contributed by atoms with Crippen LogP contribution in [0.3, 0.4) is 0 Å². The van der Waals surface area contributed by atoms with Crippen LogP contribution < -0.4 is 4.90 Å². The van der Waals surface area contributed by atoms with Crippen molar-refractivity contribution in [3.05, 3.63) is 28.8 Å². The molecule has 2 aliphatic heterocycles. The number of amides is 1. The number of aryl methyl sites for hydroxylation is 1. The summed E-state index contributed by atoms with van der Waals surface area (Å²) in [5.74, 6) is 0. The Hall–Kier alpha value is -1.42. The Morgan fingerprint density at radius 3 is 2.73 bits per heavy atom. The molecule has 1 aromatic rings. The van der Waals surface area contributed by atoms with Crippen molar-refractivity contribution in [1.29, 1.82) is 0 Å². The highest BCUT2D eigenvalue weighted by Crippen LogP contribution is 2.49. The number of hydrogen-bond acceptors (Lipinski definition) is 3. The third kappa shape index (κ3) is 3.17. The normalized spacial score (nSPS) is 28.1. The molecule has 1 saturated carbocycles. The highest BCUT2D eigenvalue weighted by atomic mass is 35.5. The molecular formula is C21H29ClN2O2. The summed E-state index contributed by atoms with van der Waals surface area (Å²) in [5.41, 5.74) is 2.27. The van der Waals surface area contributed by atoms with Gasteiger partial charge < -0.3 is 14.5 Å². The molecule has 26 heavy (non-hydrogen) atoms. The molecule has 142 valence electrons. The van der Waals surface area contributed by atoms with Crippen molar-refractivity contribution in [2.24, 2.45) is 0 Å². The van der Waals surface area contributed by atoms with E-state index in [-0.39, 0.29) is 11.6 Å². The Morgan fingerprint density at radius 2 is 2.00 bits per heavy atom. The van der Waals surface area contributed by atoms with E-state index in [1.54, 1.807) is 0 Å². The lowest BCUT2D eigenvalue weighted by Gasteiger charge is -2.55. The van der Waals surface area contributed by atoms with Gasteiger partial charge in [-0.3, -0.25) is 0 Å². The largest absolute Gasteiger partial charge is 0.444 e. The van der Waals surface area contributed by atoms with Crippen LogP contribution in [0.1, 0.15) is 58.4 Å². The lowest BCUT2D eigenvalue weighted by molar-refractivity contribution is -0.0158. The number of benzene rings is 1. The van der Waals surface area contributed by atoms with Crippen LogP contribution in [0.15, 0.2) is 18.2 Å². The quantitative estimate of drug-likeness (QED) is 0.689. The summed E-state index contributed by atoms with van der Waals surface area (Å²) in [6.07, 6.45) is 6.42. The number of carbonyl (C=O) groups excluding carboxylic acids is 1. The summed E-state index contributed by atoms with van der Waals surface area (Å²) >= 11 is 6.18. The molecule has 0 radical (unpaired) electrons. The lowest BCUT2D eigenvalue weighted by atomic mass is 9.69. The Balaban J connectivity index is 1.47. The van der Waals surface area contributed by atoms with Crippen LogP contribution in [0.4, 0.5) is 10.5 Å². The Kier molecular flexibility index (Phi) is 4.37. The average Bonchev–Trinajstić information content (AvgIpc) is 2.96. The van der Waals surface area contributed by atoms with Gasteiger partial charge in [-0.05, 0) is 83.1 Å². The van der Waals surface area contributed by atoms with Crippen molar-refractivity contribution in [2.75, 3.05) is 18.0 Å². The Bertz CT molecular complexity index is 706. The molecule has 0 aromatic heterocycles. The first-order valence-electron chi connectivity index (χ1n) is 9.83. The fraction of sp³-hybridized carbons (Fsp3) is 0.667. The second-order valence-corrected chi connectivity index (χ2v) is 9.53. The minimum absolute atomic E-state index is 0.0109. The molecule has 1 amide bonds. The first kappa shape index (κ1) is 18.0. The van der Waals surface area contributed by atoms with E-state index < -0.39 is 5.60 Å². The predicted molar refractivity (Wildman–Crippen MR) is 105 cm³/mol. The topological polar surface area (TPSA) is 32.8 Å². The maximum atomic E-state index is 12.7. The number of carbonyl (C=O) groups is 1. The molecule has 3 aliphatic rings. The summed E-state index contributed by atoms with van der Waals surface area (Å²) in [5, 5.41) is 0.822. The molecule has 0 unspecified atom stereocenters. The van der Waals surface area contributed by atoms with Crippen LogP contribution >= 0.6 is 11.6 Å². The smallest absolute Gasteiger partial charge is 0.410 e. The van der Waals surface area contributed by atoms with Crippen molar-refractivity contribution in [2.45, 2.75) is 76.5 Å². The van der Waals surface area contributed by atoms with Gasteiger partial charge in [0.25, 0.3) is 0 Å². The molecule has 0 atom stereocenters. The van der Waals surface area contributed by atoms with E-state index in [0.29, 0.717) is 6.04 Å². The molecule has 4 rings (SSSR count). The number of ether oxygens (including phenoxy) is 1. The van der Waals surface area contributed by atoms with Gasteiger partial charge in [-0.1, -0.05) is 11.6 Å². The molecule has 5 heteroatoms. The number of fused-ring (bicyclic) bond motifs is 1. The third-order valence-corrected chi connectivity index (χ3v) is 6.31. The molecule has 1 aromatic carbocycles. The van der Waals surface area contributed by atoms with Crippen molar-refractivity contribution >= 4 is 23.4 Å². The van der Waals surface area contributed by atoms with Gasteiger partial charge in [0.2, 0.25) is 0 Å². The predicted octanol–water partition coefficient (Wildman–Crippen LogP) is 5.02. The summed E-state index contributed by atoms with van der Waals surface area (Å²) in [6, 6.07) is 6.79. The van der Waals surface area contributed by atoms with E-state index in [2.05, 4.69) is 17.0 Å². The maximum absolute atomic E-state index is 12.7. The Labute approximate surface area is 161 Å². The van der Waals surface area contributed by atoms with Gasteiger partial charge in [-0.25, -0.2) is 4.79 Å². The lowest BCUT2D eigenvalue weighted by Crippen LogP contribution is -2.63. The van der Waals surface area contributed by atoms with Crippen LogP contribution in [0.2, 0.25) is 5.02 Å². The SMILES string of the molecule is CC(C)(C)OC(=O)N1CCCC12CC(N1CCCc3cc(Cl)ccc31)C2. The standard InChI is InChI=1S/C21H29ClN2O2/c1-20(2,3)26-19(25)24-11-5-9-21(24)13-17(14-21)23-10-4-6-15-12-16(22)7-8-18(15)23/h7-8,12,17H,4-6,9-11,13-14H2,1-3H3. The number of rotatable bonds is 1. The van der Waals surface area contributed by atoms with E-state index in [1.165, 1.54) is 17.7 Å². The van der Waals surface area contributed by atoms with Crippen molar-refractivity contribution in [1.82, 2.24) is 4.90 Å². The second kappa shape index (κ2) is 6.33. The molecule has 0 bridgehead atoms. The molecule has 2 heterocycles. The van der Waals surface area contributed by atoms with Gasteiger partial charge in [0.15, 0.2) is 0 Å².